The number of ether oxygens (including phenoxy) is 2. The average Bonchev–Trinajstić information content (AvgIpc) is 3.54. The molecule has 8 nitrogen and oxygen atoms in total. The predicted molar refractivity (Wildman–Crippen MR) is 174 cm³/mol. The highest BCUT2D eigenvalue weighted by Crippen LogP contribution is 2.48. The fraction of sp³-hybridized carbons (Fsp3) is 0.485. The van der Waals surface area contributed by atoms with Crippen LogP contribution in [0.15, 0.2) is 35.3 Å². The van der Waals surface area contributed by atoms with Crippen molar-refractivity contribution in [2.24, 2.45) is 10.9 Å². The fourth-order valence-electron chi connectivity index (χ4n) is 5.34. The SMILES string of the molecule is CC/C=C(/N=C(\c1cnc(-c2ccc(F)c3sc(N)c(C#N)c23)c(F)c1C)N1CCOCCC1C)OC.CN(C)CC1CC1(F)F. The number of allylic oxidation sites excluding steroid dienone is 1. The van der Waals surface area contributed by atoms with Gasteiger partial charge >= 0.3 is 0 Å². The summed E-state index contributed by atoms with van der Waals surface area (Å²) in [4.78, 5) is 13.1. The minimum Gasteiger partial charge on any atom is -0.481 e. The molecule has 1 saturated heterocycles. The van der Waals surface area contributed by atoms with Crippen molar-refractivity contribution in [1.29, 1.82) is 5.26 Å². The van der Waals surface area contributed by atoms with Gasteiger partial charge in [0.05, 0.1) is 24.0 Å². The first-order chi connectivity index (χ1) is 21.8. The van der Waals surface area contributed by atoms with Gasteiger partial charge in [-0.2, -0.15) is 10.3 Å². The first kappa shape index (κ1) is 35.1. The number of amidine groups is 1. The van der Waals surface area contributed by atoms with Crippen LogP contribution in [0, 0.1) is 35.8 Å². The number of aromatic nitrogens is 1. The maximum atomic E-state index is 16.1. The molecule has 2 N–H and O–H groups in total. The number of pyridine rings is 1. The van der Waals surface area contributed by atoms with Crippen molar-refractivity contribution >= 4 is 32.3 Å². The number of fused-ring (bicyclic) bond motifs is 1. The van der Waals surface area contributed by atoms with E-state index in [9.17, 15) is 18.4 Å². The molecule has 1 aliphatic carbocycles. The van der Waals surface area contributed by atoms with Gasteiger partial charge in [-0.05, 0) is 64.6 Å². The Kier molecular flexibility index (Phi) is 11.3. The van der Waals surface area contributed by atoms with E-state index in [1.165, 1.54) is 12.1 Å². The molecular formula is C33H40F4N6O2S. The lowest BCUT2D eigenvalue weighted by Crippen LogP contribution is -2.40. The number of nitrogens with two attached hydrogens (primary N) is 1. The van der Waals surface area contributed by atoms with Crippen LogP contribution in [0.5, 0.6) is 0 Å². The van der Waals surface area contributed by atoms with Crippen LogP contribution in [0.1, 0.15) is 49.8 Å². The number of aliphatic imine (C=N–C) groups is 1. The van der Waals surface area contributed by atoms with Crippen molar-refractivity contribution in [3.05, 3.63) is 58.6 Å². The fourth-order valence-corrected chi connectivity index (χ4v) is 6.29. The third-order valence-corrected chi connectivity index (χ3v) is 9.02. The Morgan fingerprint density at radius 1 is 1.33 bits per heavy atom. The largest absolute Gasteiger partial charge is 0.481 e. The summed E-state index contributed by atoms with van der Waals surface area (Å²) in [5, 5.41) is 10.1. The van der Waals surface area contributed by atoms with Crippen LogP contribution in [0.25, 0.3) is 21.3 Å². The van der Waals surface area contributed by atoms with Crippen LogP contribution in [-0.4, -0.2) is 80.1 Å². The summed E-state index contributed by atoms with van der Waals surface area (Å²) in [6.07, 6.45) is 5.02. The van der Waals surface area contributed by atoms with Gasteiger partial charge in [0, 0.05) is 60.8 Å². The van der Waals surface area contributed by atoms with E-state index >= 15 is 4.39 Å². The number of nitrogen functional groups attached to an aromatic ring is 1. The van der Waals surface area contributed by atoms with Crippen molar-refractivity contribution in [2.75, 3.05) is 53.2 Å². The third-order valence-electron chi connectivity index (χ3n) is 8.00. The molecule has 3 heterocycles. The second-order valence-electron chi connectivity index (χ2n) is 11.7. The molecule has 3 aromatic rings. The van der Waals surface area contributed by atoms with Crippen molar-refractivity contribution in [2.45, 2.75) is 52.0 Å². The molecule has 2 unspecified atom stereocenters. The summed E-state index contributed by atoms with van der Waals surface area (Å²) >= 11 is 0.964. The summed E-state index contributed by atoms with van der Waals surface area (Å²) < 4.78 is 66.2. The predicted octanol–water partition coefficient (Wildman–Crippen LogP) is 6.96. The molecule has 1 aliphatic heterocycles. The molecular weight excluding hydrogens is 620 g/mol. The van der Waals surface area contributed by atoms with Gasteiger partial charge in [0.2, 0.25) is 5.88 Å². The summed E-state index contributed by atoms with van der Waals surface area (Å²) in [6.45, 7) is 7.95. The number of anilines is 1. The lowest BCUT2D eigenvalue weighted by Gasteiger charge is -2.31. The number of benzene rings is 1. The van der Waals surface area contributed by atoms with E-state index in [4.69, 9.17) is 20.2 Å². The summed E-state index contributed by atoms with van der Waals surface area (Å²) in [7, 11) is 5.17. The molecule has 2 aromatic heterocycles. The number of alkyl halides is 2. The number of thiophene rings is 1. The van der Waals surface area contributed by atoms with Gasteiger partial charge in [-0.3, -0.25) is 4.98 Å². The smallest absolute Gasteiger partial charge is 0.252 e. The topological polar surface area (TPSA) is 100 Å². The van der Waals surface area contributed by atoms with E-state index in [1.807, 2.05) is 33.2 Å². The zero-order valence-electron chi connectivity index (χ0n) is 27.0. The van der Waals surface area contributed by atoms with E-state index in [-0.39, 0.29) is 44.7 Å². The van der Waals surface area contributed by atoms with E-state index < -0.39 is 17.6 Å². The van der Waals surface area contributed by atoms with Crippen molar-refractivity contribution in [1.82, 2.24) is 14.8 Å². The second kappa shape index (κ2) is 14.8. The molecule has 13 heteroatoms. The van der Waals surface area contributed by atoms with Crippen LogP contribution in [0.2, 0.25) is 0 Å². The molecule has 5 rings (SSSR count). The Bertz CT molecular complexity index is 1670. The lowest BCUT2D eigenvalue weighted by molar-refractivity contribution is 0.0923. The lowest BCUT2D eigenvalue weighted by atomic mass is 9.99. The maximum absolute atomic E-state index is 16.1. The van der Waals surface area contributed by atoms with Gasteiger partial charge in [0.25, 0.3) is 5.92 Å². The number of methoxy groups -OCH3 is 1. The molecule has 248 valence electrons. The van der Waals surface area contributed by atoms with Crippen LogP contribution >= 0.6 is 11.3 Å². The van der Waals surface area contributed by atoms with E-state index in [2.05, 4.69) is 16.8 Å². The Morgan fingerprint density at radius 2 is 2.04 bits per heavy atom. The molecule has 1 saturated carbocycles. The van der Waals surface area contributed by atoms with Crippen LogP contribution < -0.4 is 5.73 Å². The Hall–Kier alpha value is -3.73. The molecule has 0 radical (unpaired) electrons. The zero-order chi connectivity index (χ0) is 33.8. The van der Waals surface area contributed by atoms with E-state index in [0.29, 0.717) is 61.1 Å². The number of nitriles is 1. The highest BCUT2D eigenvalue weighted by Gasteiger charge is 2.56. The number of halogens is 4. The molecule has 2 atom stereocenters. The highest BCUT2D eigenvalue weighted by molar-refractivity contribution is 7.23. The van der Waals surface area contributed by atoms with Gasteiger partial charge in [0.1, 0.15) is 28.4 Å². The van der Waals surface area contributed by atoms with Crippen LogP contribution in [0.4, 0.5) is 22.6 Å². The van der Waals surface area contributed by atoms with Gasteiger partial charge in [0.15, 0.2) is 5.82 Å². The molecule has 1 aromatic carbocycles. The minimum atomic E-state index is -2.34. The highest BCUT2D eigenvalue weighted by atomic mass is 32.1. The maximum Gasteiger partial charge on any atom is 0.252 e. The zero-order valence-corrected chi connectivity index (χ0v) is 27.8. The molecule has 0 bridgehead atoms. The number of hydrogen-bond acceptors (Lipinski definition) is 8. The summed E-state index contributed by atoms with van der Waals surface area (Å²) in [5.74, 6) is -2.85. The molecule has 2 aliphatic rings. The van der Waals surface area contributed by atoms with Gasteiger partial charge in [-0.1, -0.05) is 6.92 Å². The van der Waals surface area contributed by atoms with Gasteiger partial charge in [-0.15, -0.1) is 11.3 Å². The Labute approximate surface area is 271 Å². The normalized spacial score (nSPS) is 19.8. The van der Waals surface area contributed by atoms with E-state index in [1.54, 1.807) is 25.1 Å². The van der Waals surface area contributed by atoms with Gasteiger partial charge < -0.3 is 25.0 Å². The number of rotatable bonds is 7. The van der Waals surface area contributed by atoms with Crippen molar-refractivity contribution < 1.29 is 27.0 Å². The standard InChI is InChI=1S/C27H29F2N5O2S.C6H11F2N/c1-5-6-21(35-4)33-27(34-10-12-36-11-9-15(34)2)19-14-32-24(23(29)16(19)3)17-7-8-20(28)25-22(17)18(13-30)26(31)37-25;1-9(2)4-5-3-6(5,7)8/h6-8,14-15H,5,9-12,31H2,1-4H3;5H,3-4H2,1-2H3/b21-6-,33-27+;. The van der Waals surface area contributed by atoms with E-state index in [0.717, 1.165) is 17.8 Å². The van der Waals surface area contributed by atoms with Crippen LogP contribution in [-0.2, 0) is 9.47 Å². The molecule has 2 fully saturated rings. The molecule has 46 heavy (non-hydrogen) atoms. The quantitative estimate of drug-likeness (QED) is 0.127. The Balaban J connectivity index is 0.000000459. The minimum absolute atomic E-state index is 0.0169. The molecule has 0 amide bonds. The monoisotopic (exact) mass is 660 g/mol. The van der Waals surface area contributed by atoms with Crippen LogP contribution in [0.3, 0.4) is 0 Å². The first-order valence-corrected chi connectivity index (χ1v) is 15.9. The average molecular weight is 661 g/mol. The second-order valence-corrected chi connectivity index (χ2v) is 12.7. The molecule has 0 spiro atoms. The summed E-state index contributed by atoms with van der Waals surface area (Å²) in [5.41, 5.74) is 7.26. The summed E-state index contributed by atoms with van der Waals surface area (Å²) in [6, 6.07) is 4.79. The number of nitrogens with zero attached hydrogens (tertiary/aromatic N) is 5. The van der Waals surface area contributed by atoms with Crippen molar-refractivity contribution in [3.8, 4) is 17.3 Å². The Morgan fingerprint density at radius 3 is 2.63 bits per heavy atom. The first-order valence-electron chi connectivity index (χ1n) is 15.1. The third kappa shape index (κ3) is 7.62. The van der Waals surface area contributed by atoms with Gasteiger partial charge in [-0.25, -0.2) is 17.6 Å². The number of hydrogen-bond donors (Lipinski definition) is 1. The van der Waals surface area contributed by atoms with Crippen molar-refractivity contribution in [3.63, 3.8) is 0 Å².